The van der Waals surface area contributed by atoms with Crippen LogP contribution in [0.3, 0.4) is 0 Å². The van der Waals surface area contributed by atoms with Crippen molar-refractivity contribution in [2.75, 3.05) is 40.8 Å². The van der Waals surface area contributed by atoms with E-state index in [9.17, 15) is 8.42 Å². The van der Waals surface area contributed by atoms with Gasteiger partial charge in [-0.3, -0.25) is 0 Å². The van der Waals surface area contributed by atoms with E-state index in [1.807, 2.05) is 7.05 Å². The SMILES string of the molecule is CNCCCN(C)S(=O)(=O)N(C)CC1CC1C. The fourth-order valence-corrected chi connectivity index (χ4v) is 3.13. The first-order valence-corrected chi connectivity index (χ1v) is 7.61. The molecular formula is C11H25N3O2S. The molecule has 102 valence electrons. The molecule has 0 spiro atoms. The number of hydrogen-bond donors (Lipinski definition) is 1. The maximum Gasteiger partial charge on any atom is 0.281 e. The predicted octanol–water partition coefficient (Wildman–Crippen LogP) is 0.360. The molecule has 1 saturated carbocycles. The van der Waals surface area contributed by atoms with E-state index in [4.69, 9.17) is 0 Å². The quantitative estimate of drug-likeness (QED) is 0.643. The second kappa shape index (κ2) is 6.13. The number of nitrogens with one attached hydrogen (secondary N) is 1. The van der Waals surface area contributed by atoms with Gasteiger partial charge in [-0.1, -0.05) is 6.92 Å². The Kier molecular flexibility index (Phi) is 5.37. The van der Waals surface area contributed by atoms with E-state index < -0.39 is 10.2 Å². The molecule has 0 amide bonds. The molecule has 1 rings (SSSR count). The van der Waals surface area contributed by atoms with Crippen LogP contribution in [0.1, 0.15) is 19.8 Å². The summed E-state index contributed by atoms with van der Waals surface area (Å²) in [6.45, 7) is 4.22. The summed E-state index contributed by atoms with van der Waals surface area (Å²) in [6, 6.07) is 0. The fourth-order valence-electron chi connectivity index (χ4n) is 1.91. The van der Waals surface area contributed by atoms with Crippen LogP contribution in [-0.2, 0) is 10.2 Å². The molecule has 1 aliphatic carbocycles. The summed E-state index contributed by atoms with van der Waals surface area (Å²) in [5, 5.41) is 3.02. The van der Waals surface area contributed by atoms with Crippen LogP contribution in [0.15, 0.2) is 0 Å². The van der Waals surface area contributed by atoms with Gasteiger partial charge in [0, 0.05) is 27.2 Å². The Balaban J connectivity index is 2.41. The van der Waals surface area contributed by atoms with Gasteiger partial charge in [0.2, 0.25) is 0 Å². The van der Waals surface area contributed by atoms with Crippen LogP contribution < -0.4 is 5.32 Å². The Labute approximate surface area is 105 Å². The van der Waals surface area contributed by atoms with Gasteiger partial charge >= 0.3 is 0 Å². The third-order valence-electron chi connectivity index (χ3n) is 3.46. The molecule has 0 bridgehead atoms. The fraction of sp³-hybridized carbons (Fsp3) is 1.00. The molecule has 17 heavy (non-hydrogen) atoms. The van der Waals surface area contributed by atoms with Gasteiger partial charge in [-0.2, -0.15) is 17.0 Å². The molecule has 0 aromatic heterocycles. The van der Waals surface area contributed by atoms with E-state index in [1.165, 1.54) is 8.61 Å². The molecular weight excluding hydrogens is 238 g/mol. The zero-order valence-corrected chi connectivity index (χ0v) is 12.1. The summed E-state index contributed by atoms with van der Waals surface area (Å²) in [6.07, 6.45) is 1.99. The minimum atomic E-state index is -3.26. The highest BCUT2D eigenvalue weighted by Gasteiger charge is 2.36. The van der Waals surface area contributed by atoms with Crippen molar-refractivity contribution in [2.45, 2.75) is 19.8 Å². The summed E-state index contributed by atoms with van der Waals surface area (Å²) in [7, 11) is 1.94. The van der Waals surface area contributed by atoms with Crippen LogP contribution >= 0.6 is 0 Å². The molecule has 1 fully saturated rings. The molecule has 1 aliphatic rings. The second-order valence-corrected chi connectivity index (χ2v) is 7.18. The maximum atomic E-state index is 12.1. The molecule has 2 atom stereocenters. The summed E-state index contributed by atoms with van der Waals surface area (Å²) >= 11 is 0. The lowest BCUT2D eigenvalue weighted by molar-refractivity contribution is 0.377. The normalized spacial score (nSPS) is 24.6. The van der Waals surface area contributed by atoms with Crippen molar-refractivity contribution in [1.82, 2.24) is 13.9 Å². The van der Waals surface area contributed by atoms with Gasteiger partial charge in [0.1, 0.15) is 0 Å². The monoisotopic (exact) mass is 263 g/mol. The molecule has 0 saturated heterocycles. The van der Waals surface area contributed by atoms with Crippen molar-refractivity contribution < 1.29 is 8.42 Å². The van der Waals surface area contributed by atoms with Crippen molar-refractivity contribution in [1.29, 1.82) is 0 Å². The number of rotatable bonds is 8. The first kappa shape index (κ1) is 14.9. The van der Waals surface area contributed by atoms with Gasteiger partial charge in [-0.05, 0) is 38.3 Å². The van der Waals surface area contributed by atoms with Crippen LogP contribution in [0.2, 0.25) is 0 Å². The molecule has 0 aromatic rings. The smallest absolute Gasteiger partial charge is 0.281 e. The van der Waals surface area contributed by atoms with Gasteiger partial charge in [0.15, 0.2) is 0 Å². The van der Waals surface area contributed by atoms with Crippen molar-refractivity contribution in [3.05, 3.63) is 0 Å². The number of hydrogen-bond acceptors (Lipinski definition) is 3. The zero-order chi connectivity index (χ0) is 13.1. The molecule has 1 N–H and O–H groups in total. The first-order chi connectivity index (χ1) is 7.89. The highest BCUT2D eigenvalue weighted by atomic mass is 32.2. The summed E-state index contributed by atoms with van der Waals surface area (Å²) < 4.78 is 27.2. The Hall–Kier alpha value is -0.170. The highest BCUT2D eigenvalue weighted by Crippen LogP contribution is 2.38. The van der Waals surface area contributed by atoms with Crippen molar-refractivity contribution in [3.8, 4) is 0 Å². The van der Waals surface area contributed by atoms with E-state index in [1.54, 1.807) is 14.1 Å². The summed E-state index contributed by atoms with van der Waals surface area (Å²) in [5.74, 6) is 1.24. The summed E-state index contributed by atoms with van der Waals surface area (Å²) in [5.41, 5.74) is 0. The lowest BCUT2D eigenvalue weighted by atomic mass is 10.3. The third kappa shape index (κ3) is 4.21. The van der Waals surface area contributed by atoms with Crippen LogP contribution in [0.4, 0.5) is 0 Å². The zero-order valence-electron chi connectivity index (χ0n) is 11.3. The van der Waals surface area contributed by atoms with Gasteiger partial charge in [0.05, 0.1) is 0 Å². The predicted molar refractivity (Wildman–Crippen MR) is 70.0 cm³/mol. The minimum Gasteiger partial charge on any atom is -0.320 e. The lowest BCUT2D eigenvalue weighted by Gasteiger charge is -2.24. The first-order valence-electron chi connectivity index (χ1n) is 6.21. The molecule has 0 aromatic carbocycles. The standard InChI is InChI=1S/C11H25N3O2S/c1-10-8-11(10)9-14(4)17(15,16)13(3)7-5-6-12-2/h10-12H,5-9H2,1-4H3. The van der Waals surface area contributed by atoms with Crippen molar-refractivity contribution in [2.24, 2.45) is 11.8 Å². The average molecular weight is 263 g/mol. The Bertz CT molecular complexity index is 332. The average Bonchev–Trinajstić information content (AvgIpc) is 2.94. The second-order valence-electron chi connectivity index (χ2n) is 5.04. The van der Waals surface area contributed by atoms with Gasteiger partial charge in [-0.15, -0.1) is 0 Å². The molecule has 0 heterocycles. The largest absolute Gasteiger partial charge is 0.320 e. The van der Waals surface area contributed by atoms with E-state index in [0.29, 0.717) is 24.9 Å². The summed E-state index contributed by atoms with van der Waals surface area (Å²) in [4.78, 5) is 0. The van der Waals surface area contributed by atoms with Crippen LogP contribution in [-0.4, -0.2) is 57.8 Å². The van der Waals surface area contributed by atoms with Gasteiger partial charge in [-0.25, -0.2) is 0 Å². The van der Waals surface area contributed by atoms with Crippen LogP contribution in [0.25, 0.3) is 0 Å². The number of nitrogens with zero attached hydrogens (tertiary/aromatic N) is 2. The molecule has 0 aliphatic heterocycles. The van der Waals surface area contributed by atoms with E-state index in [-0.39, 0.29) is 0 Å². The van der Waals surface area contributed by atoms with Crippen molar-refractivity contribution in [3.63, 3.8) is 0 Å². The highest BCUT2D eigenvalue weighted by molar-refractivity contribution is 7.86. The minimum absolute atomic E-state index is 0.556. The van der Waals surface area contributed by atoms with Crippen molar-refractivity contribution >= 4 is 10.2 Å². The maximum absolute atomic E-state index is 12.1. The van der Waals surface area contributed by atoms with E-state index in [0.717, 1.165) is 19.4 Å². The topological polar surface area (TPSA) is 52.7 Å². The Morgan fingerprint density at radius 1 is 1.29 bits per heavy atom. The molecule has 5 nitrogen and oxygen atoms in total. The third-order valence-corrected chi connectivity index (χ3v) is 5.36. The molecule has 0 radical (unpaired) electrons. The van der Waals surface area contributed by atoms with Gasteiger partial charge < -0.3 is 5.32 Å². The van der Waals surface area contributed by atoms with E-state index in [2.05, 4.69) is 12.2 Å². The van der Waals surface area contributed by atoms with Crippen LogP contribution in [0.5, 0.6) is 0 Å². The van der Waals surface area contributed by atoms with Crippen LogP contribution in [0, 0.1) is 11.8 Å². The molecule has 2 unspecified atom stereocenters. The Morgan fingerprint density at radius 3 is 2.35 bits per heavy atom. The molecule has 6 heteroatoms. The van der Waals surface area contributed by atoms with E-state index >= 15 is 0 Å². The van der Waals surface area contributed by atoms with Gasteiger partial charge in [0.25, 0.3) is 10.2 Å². The Morgan fingerprint density at radius 2 is 1.88 bits per heavy atom. The lowest BCUT2D eigenvalue weighted by Crippen LogP contribution is -2.41.